The number of anilines is 1. The fourth-order valence-corrected chi connectivity index (χ4v) is 2.33. The zero-order valence-electron chi connectivity index (χ0n) is 12.0. The molecular formula is C17H16N2O2. The molecule has 0 radical (unpaired) electrons. The Hall–Kier alpha value is -2.75. The number of methoxy groups -OCH3 is 1. The van der Waals surface area contributed by atoms with Crippen molar-refractivity contribution in [3.05, 3.63) is 54.1 Å². The van der Waals surface area contributed by atoms with Crippen LogP contribution >= 0.6 is 0 Å². The fourth-order valence-electron chi connectivity index (χ4n) is 2.33. The van der Waals surface area contributed by atoms with E-state index in [2.05, 4.69) is 5.16 Å². The van der Waals surface area contributed by atoms with E-state index in [1.165, 1.54) is 5.56 Å². The van der Waals surface area contributed by atoms with E-state index in [-0.39, 0.29) is 0 Å². The Morgan fingerprint density at radius 1 is 1.05 bits per heavy atom. The Bertz CT molecular complexity index is 761. The minimum absolute atomic E-state index is 0.305. The van der Waals surface area contributed by atoms with E-state index < -0.39 is 0 Å². The number of hydrogen-bond donors (Lipinski definition) is 1. The highest BCUT2D eigenvalue weighted by Gasteiger charge is 2.19. The van der Waals surface area contributed by atoms with E-state index in [0.717, 1.165) is 22.4 Å². The van der Waals surface area contributed by atoms with Gasteiger partial charge in [0.15, 0.2) is 0 Å². The van der Waals surface area contributed by atoms with Crippen molar-refractivity contribution < 1.29 is 9.26 Å². The van der Waals surface area contributed by atoms with Crippen LogP contribution in [0.25, 0.3) is 22.4 Å². The molecule has 0 aliphatic heterocycles. The third-order valence-corrected chi connectivity index (χ3v) is 3.42. The highest BCUT2D eigenvalue weighted by atomic mass is 16.5. The predicted octanol–water partition coefficient (Wildman–Crippen LogP) is 3.91. The van der Waals surface area contributed by atoms with Crippen molar-refractivity contribution in [1.29, 1.82) is 0 Å². The Labute approximate surface area is 123 Å². The number of hydrogen-bond acceptors (Lipinski definition) is 4. The molecule has 0 atom stereocenters. The number of nitrogens with zero attached hydrogens (tertiary/aromatic N) is 1. The molecule has 0 saturated heterocycles. The molecule has 3 aromatic rings. The molecule has 3 rings (SSSR count). The molecule has 106 valence electrons. The summed E-state index contributed by atoms with van der Waals surface area (Å²) in [6.45, 7) is 2.04. The summed E-state index contributed by atoms with van der Waals surface area (Å²) >= 11 is 0. The molecule has 0 saturated carbocycles. The zero-order chi connectivity index (χ0) is 14.8. The number of aryl methyl sites for hydroxylation is 1. The molecule has 0 bridgehead atoms. The Morgan fingerprint density at radius 3 is 2.48 bits per heavy atom. The Morgan fingerprint density at radius 2 is 1.76 bits per heavy atom. The van der Waals surface area contributed by atoms with E-state index in [1.54, 1.807) is 7.11 Å². The van der Waals surface area contributed by atoms with Crippen molar-refractivity contribution in [2.24, 2.45) is 0 Å². The molecule has 0 amide bonds. The van der Waals surface area contributed by atoms with E-state index in [4.69, 9.17) is 15.0 Å². The van der Waals surface area contributed by atoms with Gasteiger partial charge in [-0.05, 0) is 24.6 Å². The molecular weight excluding hydrogens is 264 g/mol. The SMILES string of the molecule is COc1ccccc1-c1noc(N)c1-c1ccc(C)cc1. The maximum atomic E-state index is 5.97. The van der Waals surface area contributed by atoms with Crippen LogP contribution in [0.3, 0.4) is 0 Å². The van der Waals surface area contributed by atoms with Gasteiger partial charge in [0.1, 0.15) is 11.4 Å². The maximum absolute atomic E-state index is 5.97. The summed E-state index contributed by atoms with van der Waals surface area (Å²) in [4.78, 5) is 0. The predicted molar refractivity (Wildman–Crippen MR) is 83.1 cm³/mol. The van der Waals surface area contributed by atoms with Crippen LogP contribution in [-0.2, 0) is 0 Å². The van der Waals surface area contributed by atoms with E-state index >= 15 is 0 Å². The number of para-hydroxylation sites is 1. The maximum Gasteiger partial charge on any atom is 0.230 e. The standard InChI is InChI=1S/C17H16N2O2/c1-11-7-9-12(10-8-11)15-16(19-21-17(15)18)13-5-3-4-6-14(13)20-2/h3-10H,18H2,1-2H3. The van der Waals surface area contributed by atoms with Crippen LogP contribution in [0.1, 0.15) is 5.56 Å². The third-order valence-electron chi connectivity index (χ3n) is 3.42. The number of ether oxygens (including phenoxy) is 1. The van der Waals surface area contributed by atoms with Crippen molar-refractivity contribution in [1.82, 2.24) is 5.16 Å². The van der Waals surface area contributed by atoms with Gasteiger partial charge in [0, 0.05) is 5.56 Å². The summed E-state index contributed by atoms with van der Waals surface area (Å²) in [7, 11) is 1.63. The molecule has 21 heavy (non-hydrogen) atoms. The molecule has 0 aliphatic carbocycles. The van der Waals surface area contributed by atoms with E-state index in [1.807, 2.05) is 55.5 Å². The number of nitrogen functional groups attached to an aromatic ring is 1. The minimum atomic E-state index is 0.305. The quantitative estimate of drug-likeness (QED) is 0.790. The number of nitrogens with two attached hydrogens (primary N) is 1. The molecule has 0 fully saturated rings. The first-order valence-electron chi connectivity index (χ1n) is 6.66. The van der Waals surface area contributed by atoms with Crippen molar-refractivity contribution in [2.75, 3.05) is 12.8 Å². The summed E-state index contributed by atoms with van der Waals surface area (Å²) in [5.41, 5.74) is 10.5. The first-order chi connectivity index (χ1) is 10.2. The highest BCUT2D eigenvalue weighted by Crippen LogP contribution is 2.39. The summed E-state index contributed by atoms with van der Waals surface area (Å²) < 4.78 is 10.6. The lowest BCUT2D eigenvalue weighted by Gasteiger charge is -2.07. The lowest BCUT2D eigenvalue weighted by Crippen LogP contribution is -1.91. The van der Waals surface area contributed by atoms with Crippen molar-refractivity contribution >= 4 is 5.88 Å². The van der Waals surface area contributed by atoms with Gasteiger partial charge in [-0.2, -0.15) is 0 Å². The molecule has 1 heterocycles. The highest BCUT2D eigenvalue weighted by molar-refractivity contribution is 5.88. The minimum Gasteiger partial charge on any atom is -0.496 e. The molecule has 2 N–H and O–H groups in total. The van der Waals surface area contributed by atoms with Crippen LogP contribution in [0.5, 0.6) is 5.75 Å². The van der Waals surface area contributed by atoms with Gasteiger partial charge >= 0.3 is 0 Å². The van der Waals surface area contributed by atoms with Gasteiger partial charge in [0.05, 0.1) is 12.7 Å². The lowest BCUT2D eigenvalue weighted by molar-refractivity contribution is 0.414. The van der Waals surface area contributed by atoms with Crippen LogP contribution in [0.15, 0.2) is 53.1 Å². The molecule has 4 heteroatoms. The normalized spacial score (nSPS) is 10.6. The Kier molecular flexibility index (Phi) is 3.36. The summed E-state index contributed by atoms with van der Waals surface area (Å²) in [6.07, 6.45) is 0. The van der Waals surface area contributed by atoms with Gasteiger partial charge in [-0.3, -0.25) is 0 Å². The van der Waals surface area contributed by atoms with Crippen LogP contribution in [0.2, 0.25) is 0 Å². The molecule has 1 aromatic heterocycles. The average molecular weight is 280 g/mol. The number of benzene rings is 2. The van der Waals surface area contributed by atoms with Crippen LogP contribution in [0.4, 0.5) is 5.88 Å². The molecule has 4 nitrogen and oxygen atoms in total. The zero-order valence-corrected chi connectivity index (χ0v) is 12.0. The number of rotatable bonds is 3. The van der Waals surface area contributed by atoms with Crippen LogP contribution in [0, 0.1) is 6.92 Å². The first kappa shape index (κ1) is 13.2. The van der Waals surface area contributed by atoms with Crippen molar-refractivity contribution in [3.8, 4) is 28.1 Å². The number of aromatic nitrogens is 1. The Balaban J connectivity index is 2.19. The monoisotopic (exact) mass is 280 g/mol. The van der Waals surface area contributed by atoms with Gasteiger partial charge < -0.3 is 15.0 Å². The average Bonchev–Trinajstić information content (AvgIpc) is 2.90. The van der Waals surface area contributed by atoms with E-state index in [0.29, 0.717) is 11.6 Å². The van der Waals surface area contributed by atoms with Gasteiger partial charge in [-0.1, -0.05) is 47.1 Å². The smallest absolute Gasteiger partial charge is 0.230 e. The second kappa shape index (κ2) is 5.32. The summed E-state index contributed by atoms with van der Waals surface area (Å²) in [5, 5.41) is 4.11. The summed E-state index contributed by atoms with van der Waals surface area (Å²) in [5.74, 6) is 1.04. The first-order valence-corrected chi connectivity index (χ1v) is 6.66. The van der Waals surface area contributed by atoms with Crippen LogP contribution < -0.4 is 10.5 Å². The molecule has 2 aromatic carbocycles. The van der Waals surface area contributed by atoms with Crippen LogP contribution in [-0.4, -0.2) is 12.3 Å². The largest absolute Gasteiger partial charge is 0.496 e. The van der Waals surface area contributed by atoms with Gasteiger partial charge in [0.2, 0.25) is 5.88 Å². The third kappa shape index (κ3) is 2.36. The summed E-state index contributed by atoms with van der Waals surface area (Å²) in [6, 6.07) is 15.8. The van der Waals surface area contributed by atoms with E-state index in [9.17, 15) is 0 Å². The van der Waals surface area contributed by atoms with Gasteiger partial charge in [-0.25, -0.2) is 0 Å². The molecule has 0 aliphatic rings. The van der Waals surface area contributed by atoms with Gasteiger partial charge in [-0.15, -0.1) is 0 Å². The van der Waals surface area contributed by atoms with Crippen molar-refractivity contribution in [2.45, 2.75) is 6.92 Å². The van der Waals surface area contributed by atoms with Gasteiger partial charge in [0.25, 0.3) is 0 Å². The second-order valence-corrected chi connectivity index (χ2v) is 4.84. The topological polar surface area (TPSA) is 61.3 Å². The molecule has 0 unspecified atom stereocenters. The fraction of sp³-hybridized carbons (Fsp3) is 0.118. The lowest BCUT2D eigenvalue weighted by atomic mass is 9.99. The second-order valence-electron chi connectivity index (χ2n) is 4.84. The van der Waals surface area contributed by atoms with Crippen molar-refractivity contribution in [3.63, 3.8) is 0 Å². The molecule has 0 spiro atoms.